The number of nitrogens with zero attached hydrogens (tertiary/aromatic N) is 2. The molecule has 0 bridgehead atoms. The van der Waals surface area contributed by atoms with E-state index >= 15 is 0 Å². The second-order valence-electron chi connectivity index (χ2n) is 5.09. The average molecular weight is 251 g/mol. The molecule has 1 aromatic rings. The molecule has 0 aliphatic carbocycles. The lowest BCUT2D eigenvalue weighted by molar-refractivity contribution is 0.0207. The Kier molecular flexibility index (Phi) is 3.93. The van der Waals surface area contributed by atoms with Gasteiger partial charge in [0.2, 0.25) is 0 Å². The van der Waals surface area contributed by atoms with Crippen molar-refractivity contribution in [2.24, 2.45) is 5.92 Å². The molecule has 3 heterocycles. The standard InChI is InChI=1S/C13H21N3O2/c1-4-17-5-2-11(1)9-16-10-15-7-12(16)13-8-14-3-6-18-13/h7,10-11,13-14H,1-6,8-9H2. The zero-order chi connectivity index (χ0) is 12.2. The van der Waals surface area contributed by atoms with Crippen molar-refractivity contribution >= 4 is 0 Å². The summed E-state index contributed by atoms with van der Waals surface area (Å²) < 4.78 is 13.5. The van der Waals surface area contributed by atoms with Gasteiger partial charge in [-0.15, -0.1) is 0 Å². The zero-order valence-corrected chi connectivity index (χ0v) is 10.7. The van der Waals surface area contributed by atoms with Crippen LogP contribution in [0, 0.1) is 5.92 Å². The summed E-state index contributed by atoms with van der Waals surface area (Å²) in [6.45, 7) is 5.46. The van der Waals surface area contributed by atoms with Crippen LogP contribution in [0.25, 0.3) is 0 Å². The van der Waals surface area contributed by atoms with Crippen LogP contribution in [0.15, 0.2) is 12.5 Å². The van der Waals surface area contributed by atoms with Gasteiger partial charge in [-0.3, -0.25) is 0 Å². The fourth-order valence-electron chi connectivity index (χ4n) is 2.71. The van der Waals surface area contributed by atoms with Crippen molar-refractivity contribution in [3.63, 3.8) is 0 Å². The van der Waals surface area contributed by atoms with E-state index in [0.29, 0.717) is 5.92 Å². The van der Waals surface area contributed by atoms with Gasteiger partial charge in [0.05, 0.1) is 24.8 Å². The first-order chi connectivity index (χ1) is 8.93. The van der Waals surface area contributed by atoms with E-state index in [2.05, 4.69) is 14.9 Å². The van der Waals surface area contributed by atoms with Crippen molar-refractivity contribution in [3.05, 3.63) is 18.2 Å². The molecule has 0 spiro atoms. The first-order valence-electron chi connectivity index (χ1n) is 6.83. The van der Waals surface area contributed by atoms with E-state index in [4.69, 9.17) is 9.47 Å². The van der Waals surface area contributed by atoms with Crippen molar-refractivity contribution < 1.29 is 9.47 Å². The normalized spacial score (nSPS) is 26.3. The maximum atomic E-state index is 5.80. The molecule has 2 aliphatic heterocycles. The van der Waals surface area contributed by atoms with Crippen molar-refractivity contribution in [2.45, 2.75) is 25.5 Å². The molecule has 5 nitrogen and oxygen atoms in total. The Morgan fingerprint density at radius 1 is 1.33 bits per heavy atom. The smallest absolute Gasteiger partial charge is 0.111 e. The zero-order valence-electron chi connectivity index (χ0n) is 10.7. The number of hydrogen-bond acceptors (Lipinski definition) is 4. The topological polar surface area (TPSA) is 48.3 Å². The molecule has 0 radical (unpaired) electrons. The van der Waals surface area contributed by atoms with Gasteiger partial charge in [-0.1, -0.05) is 0 Å². The molecule has 0 saturated carbocycles. The Labute approximate surface area is 107 Å². The summed E-state index contributed by atoms with van der Waals surface area (Å²) in [6.07, 6.45) is 6.34. The predicted octanol–water partition coefficient (Wildman–Crippen LogP) is 0.971. The SMILES string of the molecule is c1ncn(CC2CCOCC2)c1C1CNCCO1. The Morgan fingerprint density at radius 3 is 3.00 bits per heavy atom. The summed E-state index contributed by atoms with van der Waals surface area (Å²) in [6, 6.07) is 0. The summed E-state index contributed by atoms with van der Waals surface area (Å²) in [7, 11) is 0. The molecule has 1 aromatic heterocycles. The first-order valence-corrected chi connectivity index (χ1v) is 6.83. The third-order valence-corrected chi connectivity index (χ3v) is 3.80. The van der Waals surface area contributed by atoms with E-state index in [1.807, 2.05) is 12.5 Å². The summed E-state index contributed by atoms with van der Waals surface area (Å²) >= 11 is 0. The van der Waals surface area contributed by atoms with Gasteiger partial charge in [0.1, 0.15) is 6.10 Å². The molecule has 2 aliphatic rings. The number of nitrogens with one attached hydrogen (secondary N) is 1. The highest BCUT2D eigenvalue weighted by Crippen LogP contribution is 2.22. The molecule has 3 rings (SSSR count). The number of ether oxygens (including phenoxy) is 2. The fourth-order valence-corrected chi connectivity index (χ4v) is 2.71. The van der Waals surface area contributed by atoms with Crippen LogP contribution in [0.4, 0.5) is 0 Å². The number of morpholine rings is 1. The van der Waals surface area contributed by atoms with Crippen LogP contribution in [0.5, 0.6) is 0 Å². The summed E-state index contributed by atoms with van der Waals surface area (Å²) in [5.41, 5.74) is 1.20. The van der Waals surface area contributed by atoms with Crippen molar-refractivity contribution in [1.29, 1.82) is 0 Å². The van der Waals surface area contributed by atoms with Gasteiger partial charge < -0.3 is 19.4 Å². The van der Waals surface area contributed by atoms with Crippen molar-refractivity contribution in [1.82, 2.24) is 14.9 Å². The largest absolute Gasteiger partial charge is 0.381 e. The molecule has 18 heavy (non-hydrogen) atoms. The van der Waals surface area contributed by atoms with Gasteiger partial charge in [-0.25, -0.2) is 4.98 Å². The molecular weight excluding hydrogens is 230 g/mol. The minimum Gasteiger partial charge on any atom is -0.381 e. The Balaban J connectivity index is 1.66. The van der Waals surface area contributed by atoms with Crippen LogP contribution in [0.3, 0.4) is 0 Å². The van der Waals surface area contributed by atoms with Crippen molar-refractivity contribution in [3.8, 4) is 0 Å². The minimum absolute atomic E-state index is 0.154. The molecule has 5 heteroatoms. The van der Waals surface area contributed by atoms with Crippen LogP contribution in [0.1, 0.15) is 24.6 Å². The lowest BCUT2D eigenvalue weighted by atomic mass is 10.0. The highest BCUT2D eigenvalue weighted by atomic mass is 16.5. The van der Waals surface area contributed by atoms with Gasteiger partial charge >= 0.3 is 0 Å². The van der Waals surface area contributed by atoms with E-state index in [1.54, 1.807) is 0 Å². The lowest BCUT2D eigenvalue weighted by Gasteiger charge is -2.27. The molecule has 0 aromatic carbocycles. The first kappa shape index (κ1) is 12.1. The molecule has 1 N–H and O–H groups in total. The Morgan fingerprint density at radius 2 is 2.22 bits per heavy atom. The maximum Gasteiger partial charge on any atom is 0.111 e. The third-order valence-electron chi connectivity index (χ3n) is 3.80. The number of rotatable bonds is 3. The lowest BCUT2D eigenvalue weighted by Crippen LogP contribution is -2.34. The van der Waals surface area contributed by atoms with E-state index in [0.717, 1.165) is 52.3 Å². The van der Waals surface area contributed by atoms with Crippen molar-refractivity contribution in [2.75, 3.05) is 32.9 Å². The van der Waals surface area contributed by atoms with E-state index in [-0.39, 0.29) is 6.10 Å². The highest BCUT2D eigenvalue weighted by molar-refractivity contribution is 5.05. The van der Waals surface area contributed by atoms with Gasteiger partial charge in [-0.05, 0) is 18.8 Å². The third kappa shape index (κ3) is 2.74. The van der Waals surface area contributed by atoms with Gasteiger partial charge in [0.25, 0.3) is 0 Å². The van der Waals surface area contributed by atoms with E-state index < -0.39 is 0 Å². The van der Waals surface area contributed by atoms with Crippen LogP contribution in [0.2, 0.25) is 0 Å². The molecule has 2 fully saturated rings. The monoisotopic (exact) mass is 251 g/mol. The Hall–Kier alpha value is -0.910. The van der Waals surface area contributed by atoms with E-state index in [9.17, 15) is 0 Å². The fraction of sp³-hybridized carbons (Fsp3) is 0.769. The second kappa shape index (κ2) is 5.82. The summed E-state index contributed by atoms with van der Waals surface area (Å²) in [5.74, 6) is 0.711. The van der Waals surface area contributed by atoms with Gasteiger partial charge in [-0.2, -0.15) is 0 Å². The maximum absolute atomic E-state index is 5.80. The average Bonchev–Trinajstić information content (AvgIpc) is 2.89. The number of aromatic nitrogens is 2. The highest BCUT2D eigenvalue weighted by Gasteiger charge is 2.21. The summed E-state index contributed by atoms with van der Waals surface area (Å²) in [4.78, 5) is 4.29. The quantitative estimate of drug-likeness (QED) is 0.869. The predicted molar refractivity (Wildman–Crippen MR) is 67.3 cm³/mol. The molecule has 2 saturated heterocycles. The molecule has 1 atom stereocenters. The van der Waals surface area contributed by atoms with Crippen LogP contribution < -0.4 is 5.32 Å². The molecular formula is C13H21N3O2. The van der Waals surface area contributed by atoms with Crippen LogP contribution >= 0.6 is 0 Å². The van der Waals surface area contributed by atoms with E-state index in [1.165, 1.54) is 5.69 Å². The Bertz CT molecular complexity index is 368. The molecule has 0 amide bonds. The van der Waals surface area contributed by atoms with Gasteiger partial charge in [0.15, 0.2) is 0 Å². The minimum atomic E-state index is 0.154. The second-order valence-corrected chi connectivity index (χ2v) is 5.09. The molecule has 100 valence electrons. The molecule has 1 unspecified atom stereocenters. The number of imidazole rings is 1. The number of hydrogen-bond donors (Lipinski definition) is 1. The van der Waals surface area contributed by atoms with Crippen LogP contribution in [-0.2, 0) is 16.0 Å². The summed E-state index contributed by atoms with van der Waals surface area (Å²) in [5, 5.41) is 3.37. The van der Waals surface area contributed by atoms with Gasteiger partial charge in [0, 0.05) is 32.8 Å². The van der Waals surface area contributed by atoms with Crippen LogP contribution in [-0.4, -0.2) is 42.5 Å².